The highest BCUT2D eigenvalue weighted by Gasteiger charge is 2.12. The first-order valence-electron chi connectivity index (χ1n) is 6.12. The molecule has 0 bridgehead atoms. The quantitative estimate of drug-likeness (QED) is 0.919. The molecule has 0 unspecified atom stereocenters. The summed E-state index contributed by atoms with van der Waals surface area (Å²) < 4.78 is 19.2. The highest BCUT2D eigenvalue weighted by atomic mass is 19.1. The molecule has 1 N–H and O–H groups in total. The first-order chi connectivity index (χ1) is 9.49. The fourth-order valence-corrected chi connectivity index (χ4v) is 1.65. The van der Waals surface area contributed by atoms with Gasteiger partial charge in [0, 0.05) is 6.42 Å². The molecule has 0 aliphatic carbocycles. The molecule has 0 aliphatic rings. The third kappa shape index (κ3) is 3.11. The number of nitrogens with zero attached hydrogens (tertiary/aromatic N) is 2. The van der Waals surface area contributed by atoms with Gasteiger partial charge in [-0.05, 0) is 24.6 Å². The molecule has 0 saturated carbocycles. The number of hydrogen-bond donors (Lipinski definition) is 1. The minimum absolute atomic E-state index is 0.0715. The maximum absolute atomic E-state index is 13.5. The van der Waals surface area contributed by atoms with E-state index in [1.807, 2.05) is 0 Å². The second kappa shape index (κ2) is 5.68. The summed E-state index contributed by atoms with van der Waals surface area (Å²) in [5, 5.41) is 6.23. The molecule has 2 aromatic rings. The van der Waals surface area contributed by atoms with Crippen LogP contribution in [0.5, 0.6) is 0 Å². The molecular formula is C13H14FN3O3. The number of carbonyl (C=O) groups is 1. The Hall–Kier alpha value is -2.44. The lowest BCUT2D eigenvalue weighted by atomic mass is 10.2. The van der Waals surface area contributed by atoms with Crippen LogP contribution >= 0.6 is 0 Å². The van der Waals surface area contributed by atoms with Crippen LogP contribution in [0.1, 0.15) is 18.4 Å². The normalized spacial score (nSPS) is 10.6. The Morgan fingerprint density at radius 2 is 2.25 bits per heavy atom. The molecule has 0 radical (unpaired) electrons. The first kappa shape index (κ1) is 14.0. The molecule has 6 nitrogen and oxygen atoms in total. The van der Waals surface area contributed by atoms with E-state index in [0.717, 1.165) is 10.2 Å². The van der Waals surface area contributed by atoms with Crippen LogP contribution < -0.4 is 11.1 Å². The lowest BCUT2D eigenvalue weighted by Gasteiger charge is -2.06. The molecule has 0 atom stereocenters. The van der Waals surface area contributed by atoms with Crippen LogP contribution in [0.4, 0.5) is 10.1 Å². The van der Waals surface area contributed by atoms with Crippen molar-refractivity contribution in [2.24, 2.45) is 0 Å². The van der Waals surface area contributed by atoms with E-state index in [0.29, 0.717) is 6.42 Å². The minimum atomic E-state index is -0.707. The zero-order valence-electron chi connectivity index (χ0n) is 11.1. The number of aryl methyl sites for hydroxylation is 2. The van der Waals surface area contributed by atoms with Gasteiger partial charge in [0.05, 0.1) is 5.69 Å². The molecule has 0 saturated heterocycles. The number of anilines is 1. The lowest BCUT2D eigenvalue weighted by molar-refractivity contribution is -0.117. The number of hydrogen-bond acceptors (Lipinski definition) is 4. The summed E-state index contributed by atoms with van der Waals surface area (Å²) in [4.78, 5) is 23.2. The van der Waals surface area contributed by atoms with Gasteiger partial charge in [-0.1, -0.05) is 13.0 Å². The Kier molecular flexibility index (Phi) is 3.97. The smallest absolute Gasteiger partial charge is 0.392 e. The molecule has 0 fully saturated rings. The molecule has 1 amide bonds. The molecule has 0 spiro atoms. The topological polar surface area (TPSA) is 77.1 Å². The molecular weight excluding hydrogens is 265 g/mol. The van der Waals surface area contributed by atoms with Crippen molar-refractivity contribution in [3.8, 4) is 0 Å². The van der Waals surface area contributed by atoms with Crippen LogP contribution in [-0.2, 0) is 17.8 Å². The largest absolute Gasteiger partial charge is 0.437 e. The Morgan fingerprint density at radius 3 is 2.90 bits per heavy atom. The Morgan fingerprint density at radius 1 is 1.50 bits per heavy atom. The molecule has 20 heavy (non-hydrogen) atoms. The van der Waals surface area contributed by atoms with Crippen molar-refractivity contribution in [3.05, 3.63) is 46.0 Å². The van der Waals surface area contributed by atoms with Crippen LogP contribution in [0, 0.1) is 12.7 Å². The zero-order valence-corrected chi connectivity index (χ0v) is 11.1. The fraction of sp³-hybridized carbons (Fsp3) is 0.308. The second-order valence-corrected chi connectivity index (χ2v) is 4.30. The van der Waals surface area contributed by atoms with E-state index < -0.39 is 17.5 Å². The van der Waals surface area contributed by atoms with E-state index in [2.05, 4.69) is 10.4 Å². The molecule has 106 valence electrons. The predicted octanol–water partition coefficient (Wildman–Crippen LogP) is 1.48. The first-order valence-corrected chi connectivity index (χ1v) is 6.12. The van der Waals surface area contributed by atoms with Gasteiger partial charge in [-0.25, -0.2) is 9.18 Å². The molecule has 2 rings (SSSR count). The van der Waals surface area contributed by atoms with Gasteiger partial charge in [0.25, 0.3) is 0 Å². The van der Waals surface area contributed by atoms with E-state index >= 15 is 0 Å². The van der Waals surface area contributed by atoms with Gasteiger partial charge in [-0.15, -0.1) is 5.10 Å². The summed E-state index contributed by atoms with van der Waals surface area (Å²) in [5.74, 6) is -1.54. The van der Waals surface area contributed by atoms with Crippen molar-refractivity contribution in [3.63, 3.8) is 0 Å². The zero-order chi connectivity index (χ0) is 14.7. The summed E-state index contributed by atoms with van der Waals surface area (Å²) in [5.41, 5.74) is 0.885. The van der Waals surface area contributed by atoms with Gasteiger partial charge in [0.1, 0.15) is 12.4 Å². The molecule has 1 aromatic heterocycles. The van der Waals surface area contributed by atoms with Crippen LogP contribution in [-0.4, -0.2) is 15.7 Å². The standard InChI is InChI=1S/C13H14FN3O3/c1-3-12-16-17(13(19)20-12)7-11(18)15-10-6-8(2)4-5-9(10)14/h4-6H,3,7H2,1-2H3,(H,15,18). The van der Waals surface area contributed by atoms with Crippen LogP contribution in [0.2, 0.25) is 0 Å². The minimum Gasteiger partial charge on any atom is -0.392 e. The van der Waals surface area contributed by atoms with Crippen molar-refractivity contribution in [1.82, 2.24) is 9.78 Å². The number of nitrogens with one attached hydrogen (secondary N) is 1. The molecule has 7 heteroatoms. The monoisotopic (exact) mass is 279 g/mol. The van der Waals surface area contributed by atoms with Gasteiger partial charge in [0.2, 0.25) is 11.8 Å². The number of benzene rings is 1. The number of halogens is 1. The summed E-state index contributed by atoms with van der Waals surface area (Å²) in [6.45, 7) is 3.23. The maximum atomic E-state index is 13.5. The van der Waals surface area contributed by atoms with Crippen LogP contribution in [0.3, 0.4) is 0 Å². The van der Waals surface area contributed by atoms with Gasteiger partial charge >= 0.3 is 5.76 Å². The van der Waals surface area contributed by atoms with Gasteiger partial charge < -0.3 is 9.73 Å². The Balaban J connectivity index is 2.10. The van der Waals surface area contributed by atoms with E-state index in [9.17, 15) is 14.0 Å². The number of amides is 1. The van der Waals surface area contributed by atoms with E-state index in [-0.39, 0.29) is 18.1 Å². The average molecular weight is 279 g/mol. The number of carbonyl (C=O) groups excluding carboxylic acids is 1. The third-order valence-corrected chi connectivity index (χ3v) is 2.64. The van der Waals surface area contributed by atoms with Crippen LogP contribution in [0.25, 0.3) is 0 Å². The molecule has 1 aromatic carbocycles. The maximum Gasteiger partial charge on any atom is 0.437 e. The average Bonchev–Trinajstić information content (AvgIpc) is 2.74. The van der Waals surface area contributed by atoms with E-state index in [1.54, 1.807) is 19.9 Å². The van der Waals surface area contributed by atoms with Crippen molar-refractivity contribution >= 4 is 11.6 Å². The Labute approximate surface area is 114 Å². The summed E-state index contributed by atoms with van der Waals surface area (Å²) in [6, 6.07) is 4.37. The van der Waals surface area contributed by atoms with Crippen molar-refractivity contribution < 1.29 is 13.6 Å². The number of aromatic nitrogens is 2. The summed E-state index contributed by atoms with van der Waals surface area (Å²) in [7, 11) is 0. The lowest BCUT2D eigenvalue weighted by Crippen LogP contribution is -2.26. The van der Waals surface area contributed by atoms with E-state index in [4.69, 9.17) is 4.42 Å². The van der Waals surface area contributed by atoms with Crippen LogP contribution in [0.15, 0.2) is 27.4 Å². The summed E-state index contributed by atoms with van der Waals surface area (Å²) in [6.07, 6.45) is 0.455. The fourth-order valence-electron chi connectivity index (χ4n) is 1.65. The molecule has 1 heterocycles. The third-order valence-electron chi connectivity index (χ3n) is 2.64. The molecule has 0 aliphatic heterocycles. The van der Waals surface area contributed by atoms with Crippen molar-refractivity contribution in [2.45, 2.75) is 26.8 Å². The summed E-state index contributed by atoms with van der Waals surface area (Å²) >= 11 is 0. The predicted molar refractivity (Wildman–Crippen MR) is 69.9 cm³/mol. The van der Waals surface area contributed by atoms with Gasteiger partial charge in [-0.2, -0.15) is 4.68 Å². The highest BCUT2D eigenvalue weighted by molar-refractivity contribution is 5.90. The van der Waals surface area contributed by atoms with Gasteiger partial charge in [-0.3, -0.25) is 4.79 Å². The van der Waals surface area contributed by atoms with Crippen molar-refractivity contribution in [2.75, 3.05) is 5.32 Å². The van der Waals surface area contributed by atoms with Gasteiger partial charge in [0.15, 0.2) is 0 Å². The number of rotatable bonds is 4. The van der Waals surface area contributed by atoms with Crippen molar-refractivity contribution in [1.29, 1.82) is 0 Å². The second-order valence-electron chi connectivity index (χ2n) is 4.30. The SMILES string of the molecule is CCc1nn(CC(=O)Nc2cc(C)ccc2F)c(=O)o1. The Bertz CT molecular complexity index is 690. The highest BCUT2D eigenvalue weighted by Crippen LogP contribution is 2.15. The van der Waals surface area contributed by atoms with E-state index in [1.165, 1.54) is 12.1 Å².